The Morgan fingerprint density at radius 1 is 1.14 bits per heavy atom. The van der Waals surface area contributed by atoms with E-state index < -0.39 is 18.0 Å². The molecule has 0 aliphatic carbocycles. The van der Waals surface area contributed by atoms with Crippen molar-refractivity contribution in [1.82, 2.24) is 15.6 Å². The van der Waals surface area contributed by atoms with Crippen LogP contribution in [0.1, 0.15) is 49.2 Å². The Labute approximate surface area is 170 Å². The molecule has 2 N–H and O–H groups in total. The van der Waals surface area contributed by atoms with E-state index in [0.29, 0.717) is 10.6 Å². The van der Waals surface area contributed by atoms with Crippen molar-refractivity contribution in [3.63, 3.8) is 0 Å². The molecule has 0 spiro atoms. The van der Waals surface area contributed by atoms with Crippen LogP contribution in [0.4, 0.5) is 4.79 Å². The summed E-state index contributed by atoms with van der Waals surface area (Å²) in [4.78, 5) is 29.0. The standard InChI is InChI=1S/C21H26ClN3O3/c1-13(2)19(20-14(3)8-7-11-23-20)25-21(27)24-17(12-18(26)28-4)15-9-5-6-10-16(15)22/h5-11,13,17,19H,12H2,1-4H3,(H2,24,25,27). The normalized spacial score (nSPS) is 12.9. The number of urea groups is 1. The molecule has 2 atom stereocenters. The van der Waals surface area contributed by atoms with Gasteiger partial charge in [-0.3, -0.25) is 9.78 Å². The predicted molar refractivity (Wildman–Crippen MR) is 109 cm³/mol. The number of esters is 1. The van der Waals surface area contributed by atoms with Crippen molar-refractivity contribution < 1.29 is 14.3 Å². The summed E-state index contributed by atoms with van der Waals surface area (Å²) in [6.45, 7) is 5.99. The fourth-order valence-electron chi connectivity index (χ4n) is 2.96. The van der Waals surface area contributed by atoms with E-state index in [1.165, 1.54) is 7.11 Å². The lowest BCUT2D eigenvalue weighted by Crippen LogP contribution is -2.42. The summed E-state index contributed by atoms with van der Waals surface area (Å²) in [6, 6.07) is 9.62. The number of benzene rings is 1. The first-order valence-corrected chi connectivity index (χ1v) is 9.51. The Kier molecular flexibility index (Phi) is 7.81. The van der Waals surface area contributed by atoms with Crippen LogP contribution in [0.3, 0.4) is 0 Å². The second-order valence-corrected chi connectivity index (χ2v) is 7.31. The van der Waals surface area contributed by atoms with Gasteiger partial charge < -0.3 is 15.4 Å². The summed E-state index contributed by atoms with van der Waals surface area (Å²) in [5, 5.41) is 6.30. The maximum Gasteiger partial charge on any atom is 0.315 e. The zero-order chi connectivity index (χ0) is 20.7. The average Bonchev–Trinajstić information content (AvgIpc) is 2.66. The zero-order valence-corrected chi connectivity index (χ0v) is 17.3. The molecule has 1 heterocycles. The highest BCUT2D eigenvalue weighted by atomic mass is 35.5. The average molecular weight is 404 g/mol. The molecular weight excluding hydrogens is 378 g/mol. The van der Waals surface area contributed by atoms with E-state index >= 15 is 0 Å². The van der Waals surface area contributed by atoms with Gasteiger partial charge in [0.05, 0.1) is 31.3 Å². The van der Waals surface area contributed by atoms with Crippen LogP contribution in [0.15, 0.2) is 42.6 Å². The Hall–Kier alpha value is -2.60. The van der Waals surface area contributed by atoms with Gasteiger partial charge in [0.2, 0.25) is 0 Å². The first-order chi connectivity index (χ1) is 13.3. The Bertz CT molecular complexity index is 826. The molecule has 1 aromatic heterocycles. The van der Waals surface area contributed by atoms with Crippen molar-refractivity contribution in [1.29, 1.82) is 0 Å². The second-order valence-electron chi connectivity index (χ2n) is 6.90. The van der Waals surface area contributed by atoms with Gasteiger partial charge in [0.25, 0.3) is 0 Å². The van der Waals surface area contributed by atoms with Gasteiger partial charge in [0, 0.05) is 11.2 Å². The molecule has 0 saturated carbocycles. The summed E-state index contributed by atoms with van der Waals surface area (Å²) in [5.41, 5.74) is 2.47. The van der Waals surface area contributed by atoms with Crippen LogP contribution >= 0.6 is 11.6 Å². The highest BCUT2D eigenvalue weighted by molar-refractivity contribution is 6.31. The molecule has 2 rings (SSSR count). The van der Waals surface area contributed by atoms with E-state index in [1.807, 2.05) is 32.9 Å². The number of pyridine rings is 1. The first kappa shape index (κ1) is 21.7. The fourth-order valence-corrected chi connectivity index (χ4v) is 3.23. The molecule has 6 nitrogen and oxygen atoms in total. The van der Waals surface area contributed by atoms with Crippen LogP contribution in [0.5, 0.6) is 0 Å². The predicted octanol–water partition coefficient (Wildman–Crippen LogP) is 4.34. The smallest absolute Gasteiger partial charge is 0.315 e. The Morgan fingerprint density at radius 2 is 1.86 bits per heavy atom. The lowest BCUT2D eigenvalue weighted by atomic mass is 9.97. The second kappa shape index (κ2) is 10.1. The number of ether oxygens (including phenoxy) is 1. The molecule has 2 amide bonds. The number of aryl methyl sites for hydroxylation is 1. The topological polar surface area (TPSA) is 80.3 Å². The van der Waals surface area contributed by atoms with Crippen molar-refractivity contribution in [2.45, 2.75) is 39.3 Å². The van der Waals surface area contributed by atoms with E-state index in [1.54, 1.807) is 30.5 Å². The number of methoxy groups -OCH3 is 1. The maximum atomic E-state index is 12.8. The van der Waals surface area contributed by atoms with Gasteiger partial charge in [-0.25, -0.2) is 4.79 Å². The minimum absolute atomic E-state index is 0.0252. The van der Waals surface area contributed by atoms with E-state index in [-0.39, 0.29) is 18.4 Å². The van der Waals surface area contributed by atoms with Crippen LogP contribution < -0.4 is 10.6 Å². The number of hydrogen-bond acceptors (Lipinski definition) is 4. The molecule has 0 fully saturated rings. The number of rotatable bonds is 7. The van der Waals surface area contributed by atoms with Crippen molar-refractivity contribution in [3.05, 3.63) is 64.4 Å². The third kappa shape index (κ3) is 5.70. The van der Waals surface area contributed by atoms with E-state index in [2.05, 4.69) is 15.6 Å². The molecule has 2 unspecified atom stereocenters. The third-order valence-corrected chi connectivity index (χ3v) is 4.83. The van der Waals surface area contributed by atoms with Crippen molar-refractivity contribution in [2.75, 3.05) is 7.11 Å². The van der Waals surface area contributed by atoms with Gasteiger partial charge >= 0.3 is 12.0 Å². The quantitative estimate of drug-likeness (QED) is 0.673. The molecule has 0 aliphatic heterocycles. The molecular formula is C21H26ClN3O3. The highest BCUT2D eigenvalue weighted by Crippen LogP contribution is 2.26. The number of carbonyl (C=O) groups is 2. The van der Waals surface area contributed by atoms with E-state index in [0.717, 1.165) is 11.3 Å². The summed E-state index contributed by atoms with van der Waals surface area (Å²) in [7, 11) is 1.31. The Balaban J connectivity index is 2.21. The molecule has 0 saturated heterocycles. The Morgan fingerprint density at radius 3 is 2.46 bits per heavy atom. The summed E-state index contributed by atoms with van der Waals surface area (Å²) >= 11 is 6.27. The zero-order valence-electron chi connectivity index (χ0n) is 16.5. The number of nitrogens with one attached hydrogen (secondary N) is 2. The molecule has 2 aromatic rings. The summed E-state index contributed by atoms with van der Waals surface area (Å²) in [5.74, 6) is -0.315. The van der Waals surface area contributed by atoms with Crippen LogP contribution in [-0.2, 0) is 9.53 Å². The number of aromatic nitrogens is 1. The largest absolute Gasteiger partial charge is 0.469 e. The van der Waals surface area contributed by atoms with Crippen molar-refractivity contribution in [3.8, 4) is 0 Å². The molecule has 0 aliphatic rings. The maximum absolute atomic E-state index is 12.8. The van der Waals surface area contributed by atoms with Crippen LogP contribution in [0.25, 0.3) is 0 Å². The minimum Gasteiger partial charge on any atom is -0.469 e. The molecule has 7 heteroatoms. The van der Waals surface area contributed by atoms with Gasteiger partial charge in [-0.05, 0) is 36.1 Å². The van der Waals surface area contributed by atoms with Gasteiger partial charge in [-0.2, -0.15) is 0 Å². The van der Waals surface area contributed by atoms with Crippen molar-refractivity contribution >= 4 is 23.6 Å². The number of carbonyl (C=O) groups excluding carboxylic acids is 2. The number of nitrogens with zero attached hydrogens (tertiary/aromatic N) is 1. The summed E-state index contributed by atoms with van der Waals surface area (Å²) < 4.78 is 4.76. The minimum atomic E-state index is -0.612. The lowest BCUT2D eigenvalue weighted by molar-refractivity contribution is -0.141. The van der Waals surface area contributed by atoms with Gasteiger partial charge in [0.15, 0.2) is 0 Å². The number of halogens is 1. The van der Waals surface area contributed by atoms with Gasteiger partial charge in [-0.1, -0.05) is 49.7 Å². The molecule has 150 valence electrons. The van der Waals surface area contributed by atoms with Crippen LogP contribution in [0.2, 0.25) is 5.02 Å². The molecule has 0 bridgehead atoms. The van der Waals surface area contributed by atoms with E-state index in [9.17, 15) is 9.59 Å². The van der Waals surface area contributed by atoms with Gasteiger partial charge in [-0.15, -0.1) is 0 Å². The molecule has 28 heavy (non-hydrogen) atoms. The monoisotopic (exact) mass is 403 g/mol. The first-order valence-electron chi connectivity index (χ1n) is 9.13. The number of hydrogen-bond donors (Lipinski definition) is 2. The summed E-state index contributed by atoms with van der Waals surface area (Å²) in [6.07, 6.45) is 1.68. The van der Waals surface area contributed by atoms with Crippen molar-refractivity contribution in [2.24, 2.45) is 5.92 Å². The fraction of sp³-hybridized carbons (Fsp3) is 0.381. The van der Waals surface area contributed by atoms with E-state index in [4.69, 9.17) is 16.3 Å². The number of amides is 2. The SMILES string of the molecule is COC(=O)CC(NC(=O)NC(c1ncccc1C)C(C)C)c1ccccc1Cl. The molecule has 0 radical (unpaired) electrons. The molecule has 1 aromatic carbocycles. The third-order valence-electron chi connectivity index (χ3n) is 4.48. The highest BCUT2D eigenvalue weighted by Gasteiger charge is 2.25. The van der Waals surface area contributed by atoms with Crippen LogP contribution in [-0.4, -0.2) is 24.1 Å². The lowest BCUT2D eigenvalue weighted by Gasteiger charge is -2.26. The van der Waals surface area contributed by atoms with Gasteiger partial charge in [0.1, 0.15) is 0 Å². The van der Waals surface area contributed by atoms with Crippen LogP contribution in [0, 0.1) is 12.8 Å².